The normalized spacial score (nSPS) is 12.0. The van der Waals surface area contributed by atoms with E-state index in [2.05, 4.69) is 45.7 Å². The highest BCUT2D eigenvalue weighted by Gasteiger charge is 2.12. The third-order valence-electron chi connectivity index (χ3n) is 4.65. The lowest BCUT2D eigenvalue weighted by Crippen LogP contribution is -2.26. The SMILES string of the molecule is C[C@@H](NC(=O)c1ccc(Cn2cncn2)cc1)c1ccc2ccccc2c1. The van der Waals surface area contributed by atoms with Crippen molar-refractivity contribution >= 4 is 16.7 Å². The number of carbonyl (C=O) groups excluding carboxylic acids is 1. The minimum Gasteiger partial charge on any atom is -0.346 e. The van der Waals surface area contributed by atoms with E-state index in [0.717, 1.165) is 11.1 Å². The van der Waals surface area contributed by atoms with Gasteiger partial charge >= 0.3 is 0 Å². The van der Waals surface area contributed by atoms with Crippen molar-refractivity contribution in [3.8, 4) is 0 Å². The molecular weight excluding hydrogens is 336 g/mol. The standard InChI is InChI=1S/C22H20N4O/c1-16(20-11-10-18-4-2-3-5-21(18)12-20)25-22(27)19-8-6-17(7-9-19)13-26-15-23-14-24-26/h2-12,14-16H,13H2,1H3,(H,25,27)/t16-/m1/s1. The number of rotatable bonds is 5. The third kappa shape index (κ3) is 3.87. The summed E-state index contributed by atoms with van der Waals surface area (Å²) < 4.78 is 1.75. The molecule has 1 atom stereocenters. The number of benzene rings is 3. The van der Waals surface area contributed by atoms with Crippen LogP contribution in [0.1, 0.15) is 34.5 Å². The first-order chi connectivity index (χ1) is 13.2. The molecule has 4 rings (SSSR count). The first-order valence-electron chi connectivity index (χ1n) is 8.90. The number of nitrogens with zero attached hydrogens (tertiary/aromatic N) is 3. The van der Waals surface area contributed by atoms with Crippen molar-refractivity contribution in [3.05, 3.63) is 96.1 Å². The maximum Gasteiger partial charge on any atom is 0.251 e. The lowest BCUT2D eigenvalue weighted by atomic mass is 10.0. The Morgan fingerprint density at radius 2 is 1.81 bits per heavy atom. The molecule has 0 bridgehead atoms. The van der Waals surface area contributed by atoms with Gasteiger partial charge in [0, 0.05) is 5.56 Å². The summed E-state index contributed by atoms with van der Waals surface area (Å²) in [4.78, 5) is 16.5. The van der Waals surface area contributed by atoms with Crippen LogP contribution in [0.3, 0.4) is 0 Å². The number of carbonyl (C=O) groups is 1. The molecule has 0 unspecified atom stereocenters. The van der Waals surface area contributed by atoms with E-state index >= 15 is 0 Å². The summed E-state index contributed by atoms with van der Waals surface area (Å²) in [6.45, 7) is 2.64. The van der Waals surface area contributed by atoms with E-state index in [1.165, 1.54) is 17.1 Å². The van der Waals surface area contributed by atoms with Gasteiger partial charge in [0.1, 0.15) is 12.7 Å². The van der Waals surface area contributed by atoms with Gasteiger partial charge in [-0.2, -0.15) is 5.10 Å². The van der Waals surface area contributed by atoms with Crippen molar-refractivity contribution in [1.29, 1.82) is 0 Å². The molecule has 1 N–H and O–H groups in total. The van der Waals surface area contributed by atoms with Gasteiger partial charge in [-0.15, -0.1) is 0 Å². The molecule has 0 aliphatic rings. The summed E-state index contributed by atoms with van der Waals surface area (Å²) in [5.74, 6) is -0.0806. The van der Waals surface area contributed by atoms with Crippen LogP contribution in [0.5, 0.6) is 0 Å². The molecule has 5 nitrogen and oxygen atoms in total. The molecule has 134 valence electrons. The van der Waals surface area contributed by atoms with Crippen LogP contribution in [0.2, 0.25) is 0 Å². The van der Waals surface area contributed by atoms with Gasteiger partial charge in [0.25, 0.3) is 5.91 Å². The van der Waals surface area contributed by atoms with Crippen LogP contribution >= 0.6 is 0 Å². The number of amides is 1. The minimum absolute atomic E-state index is 0.0723. The largest absolute Gasteiger partial charge is 0.346 e. The van der Waals surface area contributed by atoms with Gasteiger partial charge in [-0.05, 0) is 47.0 Å². The highest BCUT2D eigenvalue weighted by Crippen LogP contribution is 2.20. The second kappa shape index (κ2) is 7.41. The Bertz CT molecular complexity index is 1060. The van der Waals surface area contributed by atoms with Crippen LogP contribution in [-0.4, -0.2) is 20.7 Å². The van der Waals surface area contributed by atoms with Crippen LogP contribution < -0.4 is 5.32 Å². The maximum absolute atomic E-state index is 12.6. The highest BCUT2D eigenvalue weighted by molar-refractivity contribution is 5.94. The molecule has 0 aliphatic carbocycles. The van der Waals surface area contributed by atoms with Gasteiger partial charge in [-0.1, -0.05) is 48.5 Å². The van der Waals surface area contributed by atoms with Crippen molar-refractivity contribution in [3.63, 3.8) is 0 Å². The van der Waals surface area contributed by atoms with E-state index in [-0.39, 0.29) is 11.9 Å². The summed E-state index contributed by atoms with van der Waals surface area (Å²) in [5, 5.41) is 9.54. The van der Waals surface area contributed by atoms with E-state index in [1.54, 1.807) is 11.0 Å². The van der Waals surface area contributed by atoms with Crippen molar-refractivity contribution in [2.24, 2.45) is 0 Å². The molecule has 0 aliphatic heterocycles. The van der Waals surface area contributed by atoms with E-state index < -0.39 is 0 Å². The van der Waals surface area contributed by atoms with Gasteiger partial charge < -0.3 is 5.32 Å². The quantitative estimate of drug-likeness (QED) is 0.589. The van der Waals surface area contributed by atoms with Gasteiger partial charge in [0.2, 0.25) is 0 Å². The average molecular weight is 356 g/mol. The van der Waals surface area contributed by atoms with E-state index in [9.17, 15) is 4.79 Å². The summed E-state index contributed by atoms with van der Waals surface area (Å²) in [5.41, 5.74) is 2.80. The van der Waals surface area contributed by atoms with Crippen molar-refractivity contribution < 1.29 is 4.79 Å². The van der Waals surface area contributed by atoms with Gasteiger partial charge in [0.05, 0.1) is 12.6 Å². The fourth-order valence-corrected chi connectivity index (χ4v) is 3.10. The Hall–Kier alpha value is -3.47. The smallest absolute Gasteiger partial charge is 0.251 e. The summed E-state index contributed by atoms with van der Waals surface area (Å²) in [6.07, 6.45) is 3.18. The Balaban J connectivity index is 1.44. The molecule has 0 radical (unpaired) electrons. The maximum atomic E-state index is 12.6. The monoisotopic (exact) mass is 356 g/mol. The number of aromatic nitrogens is 3. The topological polar surface area (TPSA) is 59.8 Å². The molecule has 4 aromatic rings. The van der Waals surface area contributed by atoms with Crippen molar-refractivity contribution in [1.82, 2.24) is 20.1 Å². The molecule has 1 heterocycles. The Labute approximate surface area is 157 Å². The first kappa shape index (κ1) is 17.0. The van der Waals surface area contributed by atoms with Gasteiger partial charge in [-0.3, -0.25) is 4.79 Å². The zero-order chi connectivity index (χ0) is 18.6. The van der Waals surface area contributed by atoms with Crippen molar-refractivity contribution in [2.45, 2.75) is 19.5 Å². The molecule has 1 amide bonds. The van der Waals surface area contributed by atoms with Crippen LogP contribution in [-0.2, 0) is 6.54 Å². The second-order valence-corrected chi connectivity index (χ2v) is 6.59. The van der Waals surface area contributed by atoms with Crippen LogP contribution in [0.15, 0.2) is 79.4 Å². The lowest BCUT2D eigenvalue weighted by molar-refractivity contribution is 0.0940. The fraction of sp³-hybridized carbons (Fsp3) is 0.136. The lowest BCUT2D eigenvalue weighted by Gasteiger charge is -2.15. The van der Waals surface area contributed by atoms with Crippen LogP contribution in [0.4, 0.5) is 0 Å². The minimum atomic E-state index is -0.0806. The summed E-state index contributed by atoms with van der Waals surface area (Å²) >= 11 is 0. The second-order valence-electron chi connectivity index (χ2n) is 6.59. The molecule has 0 saturated heterocycles. The van der Waals surface area contributed by atoms with Gasteiger partial charge in [0.15, 0.2) is 0 Å². The predicted octanol–water partition coefficient (Wildman–Crippen LogP) is 3.97. The third-order valence-corrected chi connectivity index (χ3v) is 4.65. The van der Waals surface area contributed by atoms with E-state index in [4.69, 9.17) is 0 Å². The highest BCUT2D eigenvalue weighted by atomic mass is 16.1. The van der Waals surface area contributed by atoms with E-state index in [1.807, 2.05) is 43.3 Å². The van der Waals surface area contributed by atoms with Gasteiger partial charge in [-0.25, -0.2) is 9.67 Å². The zero-order valence-corrected chi connectivity index (χ0v) is 15.0. The number of hydrogen-bond donors (Lipinski definition) is 1. The first-order valence-corrected chi connectivity index (χ1v) is 8.90. The summed E-state index contributed by atoms with van der Waals surface area (Å²) in [6, 6.07) is 22.0. The Kier molecular flexibility index (Phi) is 4.66. The summed E-state index contributed by atoms with van der Waals surface area (Å²) in [7, 11) is 0. The Morgan fingerprint density at radius 3 is 2.56 bits per heavy atom. The van der Waals surface area contributed by atoms with E-state index in [0.29, 0.717) is 12.1 Å². The molecule has 3 aromatic carbocycles. The van der Waals surface area contributed by atoms with Crippen LogP contribution in [0, 0.1) is 0 Å². The number of nitrogens with one attached hydrogen (secondary N) is 1. The molecule has 5 heteroatoms. The predicted molar refractivity (Wildman–Crippen MR) is 105 cm³/mol. The molecule has 1 aromatic heterocycles. The number of hydrogen-bond acceptors (Lipinski definition) is 3. The molecular formula is C22H20N4O. The zero-order valence-electron chi connectivity index (χ0n) is 15.0. The molecule has 27 heavy (non-hydrogen) atoms. The molecule has 0 fully saturated rings. The molecule has 0 spiro atoms. The fourth-order valence-electron chi connectivity index (χ4n) is 3.10. The van der Waals surface area contributed by atoms with Crippen molar-refractivity contribution in [2.75, 3.05) is 0 Å². The Morgan fingerprint density at radius 1 is 1.04 bits per heavy atom. The number of fused-ring (bicyclic) bond motifs is 1. The van der Waals surface area contributed by atoms with Crippen LogP contribution in [0.25, 0.3) is 10.8 Å². The average Bonchev–Trinajstić information content (AvgIpc) is 3.21. The molecule has 0 saturated carbocycles.